The first kappa shape index (κ1) is 10.9. The summed E-state index contributed by atoms with van der Waals surface area (Å²) in [6, 6.07) is 6.84. The minimum atomic E-state index is 0.0284. The highest BCUT2D eigenvalue weighted by molar-refractivity contribution is 7.07. The molecule has 0 saturated carbocycles. The van der Waals surface area contributed by atoms with Gasteiger partial charge >= 0.3 is 0 Å². The average molecular weight is 244 g/mol. The lowest BCUT2D eigenvalue weighted by Gasteiger charge is -2.10. The Balaban J connectivity index is 1.77. The molecule has 1 heterocycles. The first-order valence-electron chi connectivity index (χ1n) is 6.07. The summed E-state index contributed by atoms with van der Waals surface area (Å²) in [7, 11) is 0. The molecule has 3 rings (SSSR count). The van der Waals surface area contributed by atoms with E-state index in [-0.39, 0.29) is 6.04 Å². The van der Waals surface area contributed by atoms with Crippen molar-refractivity contribution in [3.63, 3.8) is 0 Å². The molecule has 0 saturated heterocycles. The van der Waals surface area contributed by atoms with Crippen molar-refractivity contribution in [2.45, 2.75) is 31.7 Å². The molecule has 1 unspecified atom stereocenters. The number of thiazole rings is 1. The fraction of sp³-hybridized carbons (Fsp3) is 0.357. The Morgan fingerprint density at radius 3 is 3.00 bits per heavy atom. The van der Waals surface area contributed by atoms with E-state index in [1.165, 1.54) is 36.0 Å². The molecule has 1 aromatic carbocycles. The van der Waals surface area contributed by atoms with Crippen LogP contribution in [0.1, 0.15) is 34.8 Å². The van der Waals surface area contributed by atoms with Gasteiger partial charge in [-0.1, -0.05) is 18.2 Å². The third kappa shape index (κ3) is 2.26. The van der Waals surface area contributed by atoms with Crippen LogP contribution in [0.5, 0.6) is 0 Å². The molecule has 2 aromatic rings. The first-order chi connectivity index (χ1) is 8.33. The predicted octanol–water partition coefficient (Wildman–Crippen LogP) is 2.87. The Morgan fingerprint density at radius 1 is 1.29 bits per heavy atom. The molecule has 88 valence electrons. The number of nitrogens with two attached hydrogens (primary N) is 1. The molecule has 0 fully saturated rings. The second-order valence-electron chi connectivity index (χ2n) is 4.68. The number of rotatable bonds is 3. The van der Waals surface area contributed by atoms with Gasteiger partial charge in [-0.05, 0) is 42.4 Å². The zero-order valence-electron chi connectivity index (χ0n) is 9.73. The minimum Gasteiger partial charge on any atom is -0.322 e. The normalized spacial score (nSPS) is 15.8. The van der Waals surface area contributed by atoms with Crippen molar-refractivity contribution < 1.29 is 0 Å². The van der Waals surface area contributed by atoms with Gasteiger partial charge in [-0.25, -0.2) is 4.98 Å². The molecule has 0 amide bonds. The highest BCUT2D eigenvalue weighted by Gasteiger charge is 2.13. The van der Waals surface area contributed by atoms with E-state index < -0.39 is 0 Å². The summed E-state index contributed by atoms with van der Waals surface area (Å²) in [5.41, 5.74) is 13.4. The molecule has 0 bridgehead atoms. The van der Waals surface area contributed by atoms with Gasteiger partial charge in [-0.15, -0.1) is 11.3 Å². The highest BCUT2D eigenvalue weighted by atomic mass is 32.1. The van der Waals surface area contributed by atoms with Gasteiger partial charge in [-0.2, -0.15) is 0 Å². The monoisotopic (exact) mass is 244 g/mol. The van der Waals surface area contributed by atoms with Gasteiger partial charge in [0.15, 0.2) is 0 Å². The average Bonchev–Trinajstić information content (AvgIpc) is 2.99. The van der Waals surface area contributed by atoms with Crippen molar-refractivity contribution in [1.82, 2.24) is 4.98 Å². The van der Waals surface area contributed by atoms with E-state index in [1.807, 2.05) is 10.9 Å². The lowest BCUT2D eigenvalue weighted by molar-refractivity contribution is 0.701. The van der Waals surface area contributed by atoms with Crippen LogP contribution in [0.4, 0.5) is 0 Å². The number of aromatic nitrogens is 1. The van der Waals surface area contributed by atoms with Crippen molar-refractivity contribution >= 4 is 11.3 Å². The van der Waals surface area contributed by atoms with Gasteiger partial charge in [0.25, 0.3) is 0 Å². The molecule has 0 aliphatic heterocycles. The Kier molecular flexibility index (Phi) is 2.95. The largest absolute Gasteiger partial charge is 0.322 e. The van der Waals surface area contributed by atoms with Crippen LogP contribution in [0.3, 0.4) is 0 Å². The summed E-state index contributed by atoms with van der Waals surface area (Å²) in [6.45, 7) is 0. The van der Waals surface area contributed by atoms with Gasteiger partial charge in [0, 0.05) is 5.38 Å². The van der Waals surface area contributed by atoms with E-state index in [4.69, 9.17) is 5.73 Å². The number of aryl methyl sites for hydroxylation is 2. The molecule has 1 aliphatic carbocycles. The zero-order valence-corrected chi connectivity index (χ0v) is 10.5. The fourth-order valence-corrected chi connectivity index (χ4v) is 3.13. The molecule has 17 heavy (non-hydrogen) atoms. The quantitative estimate of drug-likeness (QED) is 0.901. The highest BCUT2D eigenvalue weighted by Crippen LogP contribution is 2.24. The Morgan fingerprint density at radius 2 is 2.18 bits per heavy atom. The van der Waals surface area contributed by atoms with Crippen LogP contribution in [0.25, 0.3) is 0 Å². The molecule has 1 atom stereocenters. The zero-order chi connectivity index (χ0) is 11.7. The molecule has 0 radical (unpaired) electrons. The summed E-state index contributed by atoms with van der Waals surface area (Å²) < 4.78 is 0. The second kappa shape index (κ2) is 4.59. The van der Waals surface area contributed by atoms with Gasteiger partial charge < -0.3 is 5.73 Å². The SMILES string of the molecule is NC(Cc1ccc2c(c1)CCC2)c1cscn1. The van der Waals surface area contributed by atoms with Crippen LogP contribution >= 0.6 is 11.3 Å². The van der Waals surface area contributed by atoms with Crippen LogP contribution < -0.4 is 5.73 Å². The maximum atomic E-state index is 6.16. The molecule has 1 aromatic heterocycles. The number of hydrogen-bond donors (Lipinski definition) is 1. The lowest BCUT2D eigenvalue weighted by atomic mass is 10.0. The molecular weight excluding hydrogens is 228 g/mol. The first-order valence-corrected chi connectivity index (χ1v) is 7.01. The molecule has 2 N–H and O–H groups in total. The van der Waals surface area contributed by atoms with Crippen LogP contribution in [-0.4, -0.2) is 4.98 Å². The molecule has 3 heteroatoms. The van der Waals surface area contributed by atoms with Gasteiger partial charge in [0.2, 0.25) is 0 Å². The number of nitrogens with zero attached hydrogens (tertiary/aromatic N) is 1. The number of benzene rings is 1. The third-order valence-corrected chi connectivity index (χ3v) is 4.05. The minimum absolute atomic E-state index is 0.0284. The van der Waals surface area contributed by atoms with E-state index in [2.05, 4.69) is 23.2 Å². The smallest absolute Gasteiger partial charge is 0.0795 e. The van der Waals surface area contributed by atoms with Gasteiger partial charge in [-0.3, -0.25) is 0 Å². The van der Waals surface area contributed by atoms with Crippen molar-refractivity contribution in [3.05, 3.63) is 51.5 Å². The summed E-state index contributed by atoms with van der Waals surface area (Å²) in [5, 5.41) is 2.04. The lowest BCUT2D eigenvalue weighted by Crippen LogP contribution is -2.13. The van der Waals surface area contributed by atoms with Crippen LogP contribution in [-0.2, 0) is 19.3 Å². The maximum Gasteiger partial charge on any atom is 0.0795 e. The summed E-state index contributed by atoms with van der Waals surface area (Å²) in [4.78, 5) is 4.28. The van der Waals surface area contributed by atoms with E-state index in [0.29, 0.717) is 0 Å². The number of fused-ring (bicyclic) bond motifs is 1. The van der Waals surface area contributed by atoms with Crippen molar-refractivity contribution in [1.29, 1.82) is 0 Å². The van der Waals surface area contributed by atoms with Gasteiger partial charge in [0.05, 0.1) is 17.2 Å². The van der Waals surface area contributed by atoms with Crippen molar-refractivity contribution in [3.8, 4) is 0 Å². The summed E-state index contributed by atoms with van der Waals surface area (Å²) in [6.07, 6.45) is 4.66. The van der Waals surface area contributed by atoms with Crippen molar-refractivity contribution in [2.75, 3.05) is 0 Å². The van der Waals surface area contributed by atoms with Crippen molar-refractivity contribution in [2.24, 2.45) is 5.73 Å². The summed E-state index contributed by atoms with van der Waals surface area (Å²) >= 11 is 1.61. The second-order valence-corrected chi connectivity index (χ2v) is 5.40. The number of hydrogen-bond acceptors (Lipinski definition) is 3. The van der Waals surface area contributed by atoms with Crippen LogP contribution in [0, 0.1) is 0 Å². The van der Waals surface area contributed by atoms with E-state index >= 15 is 0 Å². The van der Waals surface area contributed by atoms with E-state index in [0.717, 1.165) is 12.1 Å². The Hall–Kier alpha value is -1.19. The molecule has 0 spiro atoms. The third-order valence-electron chi connectivity index (χ3n) is 3.45. The summed E-state index contributed by atoms with van der Waals surface area (Å²) in [5.74, 6) is 0. The molecule has 2 nitrogen and oxygen atoms in total. The topological polar surface area (TPSA) is 38.9 Å². The van der Waals surface area contributed by atoms with Crippen LogP contribution in [0.15, 0.2) is 29.1 Å². The van der Waals surface area contributed by atoms with Gasteiger partial charge in [0.1, 0.15) is 0 Å². The maximum absolute atomic E-state index is 6.16. The van der Waals surface area contributed by atoms with E-state index in [9.17, 15) is 0 Å². The fourth-order valence-electron chi connectivity index (χ4n) is 2.52. The molecule has 1 aliphatic rings. The molecular formula is C14H16N2S. The van der Waals surface area contributed by atoms with Crippen LogP contribution in [0.2, 0.25) is 0 Å². The van der Waals surface area contributed by atoms with E-state index in [1.54, 1.807) is 11.3 Å². The Bertz CT molecular complexity index is 505. The predicted molar refractivity (Wildman–Crippen MR) is 71.2 cm³/mol. The Labute approximate surface area is 106 Å². The standard InChI is InChI=1S/C14H16N2S/c15-13(14-8-17-9-16-14)7-10-4-5-11-2-1-3-12(11)6-10/h4-6,8-9,13H,1-3,7,15H2.